The van der Waals surface area contributed by atoms with Gasteiger partial charge in [-0.25, -0.2) is 4.39 Å². The van der Waals surface area contributed by atoms with E-state index >= 15 is 0 Å². The zero-order chi connectivity index (χ0) is 11.5. The minimum absolute atomic E-state index is 0.230. The van der Waals surface area contributed by atoms with Crippen LogP contribution in [0.4, 0.5) is 4.39 Å². The first-order valence-electron chi connectivity index (χ1n) is 5.51. The van der Waals surface area contributed by atoms with E-state index in [0.29, 0.717) is 6.04 Å². The lowest BCUT2D eigenvalue weighted by Gasteiger charge is -2.18. The van der Waals surface area contributed by atoms with Gasteiger partial charge < -0.3 is 5.32 Å². The van der Waals surface area contributed by atoms with Gasteiger partial charge in [-0.1, -0.05) is 18.5 Å². The van der Waals surface area contributed by atoms with Crippen molar-refractivity contribution in [3.8, 4) is 0 Å². The second-order valence-electron chi connectivity index (χ2n) is 3.92. The molecule has 1 nitrogen and oxygen atoms in total. The minimum Gasteiger partial charge on any atom is -0.310 e. The first-order valence-corrected chi connectivity index (χ1v) is 7.04. The number of rotatable bonds is 2. The number of fused-ring (bicyclic) bond motifs is 1. The molecule has 1 aliphatic rings. The molecule has 1 heterocycles. The van der Waals surface area contributed by atoms with Gasteiger partial charge in [0.2, 0.25) is 0 Å². The molecule has 0 aromatic heterocycles. The maximum Gasteiger partial charge on any atom is 0.142 e. The van der Waals surface area contributed by atoms with Crippen molar-refractivity contribution in [1.82, 2.24) is 5.32 Å². The maximum atomic E-state index is 13.4. The molecule has 1 aliphatic heterocycles. The minimum atomic E-state index is -0.307. The largest absolute Gasteiger partial charge is 0.310 e. The summed E-state index contributed by atoms with van der Waals surface area (Å²) >= 11 is 7.71. The van der Waals surface area contributed by atoms with Crippen LogP contribution in [0, 0.1) is 5.82 Å². The SMILES string of the molecule is CCNC1CCSCc2cc(F)c(Cl)cc21. The molecular weight excluding hydrogens is 245 g/mol. The Morgan fingerprint density at radius 2 is 2.38 bits per heavy atom. The smallest absolute Gasteiger partial charge is 0.142 e. The van der Waals surface area contributed by atoms with Gasteiger partial charge in [-0.15, -0.1) is 0 Å². The molecule has 4 heteroatoms. The van der Waals surface area contributed by atoms with Gasteiger partial charge in [0.15, 0.2) is 0 Å². The van der Waals surface area contributed by atoms with E-state index < -0.39 is 0 Å². The molecule has 0 saturated carbocycles. The lowest BCUT2D eigenvalue weighted by Crippen LogP contribution is -2.21. The molecule has 0 radical (unpaired) electrons. The molecule has 0 bridgehead atoms. The highest BCUT2D eigenvalue weighted by molar-refractivity contribution is 7.98. The van der Waals surface area contributed by atoms with Crippen molar-refractivity contribution >= 4 is 23.4 Å². The van der Waals surface area contributed by atoms with E-state index in [1.54, 1.807) is 12.1 Å². The van der Waals surface area contributed by atoms with Gasteiger partial charge >= 0.3 is 0 Å². The molecule has 1 N–H and O–H groups in total. The predicted octanol–water partition coefficient (Wildman–Crippen LogP) is 3.77. The van der Waals surface area contributed by atoms with Gasteiger partial charge in [-0.3, -0.25) is 0 Å². The third kappa shape index (κ3) is 2.53. The molecule has 1 aromatic rings. The summed E-state index contributed by atoms with van der Waals surface area (Å²) in [6, 6.07) is 3.68. The number of thioether (sulfide) groups is 1. The van der Waals surface area contributed by atoms with Crippen molar-refractivity contribution in [3.63, 3.8) is 0 Å². The number of benzene rings is 1. The average molecular weight is 260 g/mol. The lowest BCUT2D eigenvalue weighted by atomic mass is 9.99. The Morgan fingerprint density at radius 1 is 1.56 bits per heavy atom. The molecule has 0 saturated heterocycles. The number of hydrogen-bond donors (Lipinski definition) is 1. The van der Waals surface area contributed by atoms with Gasteiger partial charge in [0.05, 0.1) is 5.02 Å². The second-order valence-corrected chi connectivity index (χ2v) is 5.43. The highest BCUT2D eigenvalue weighted by Gasteiger charge is 2.19. The zero-order valence-corrected chi connectivity index (χ0v) is 10.8. The van der Waals surface area contributed by atoms with Gasteiger partial charge in [0.25, 0.3) is 0 Å². The van der Waals surface area contributed by atoms with Crippen molar-refractivity contribution in [2.45, 2.75) is 25.1 Å². The molecule has 0 amide bonds. The third-order valence-electron chi connectivity index (χ3n) is 2.82. The lowest BCUT2D eigenvalue weighted by molar-refractivity contribution is 0.538. The summed E-state index contributed by atoms with van der Waals surface area (Å²) in [6.45, 7) is 3.01. The van der Waals surface area contributed by atoms with Crippen LogP contribution in [0.1, 0.15) is 30.5 Å². The summed E-state index contributed by atoms with van der Waals surface area (Å²) in [5.41, 5.74) is 2.24. The Bertz CT molecular complexity index is 384. The van der Waals surface area contributed by atoms with Crippen LogP contribution in [0.5, 0.6) is 0 Å². The van der Waals surface area contributed by atoms with Gasteiger partial charge in [0, 0.05) is 11.8 Å². The first-order chi connectivity index (χ1) is 7.72. The maximum absolute atomic E-state index is 13.4. The van der Waals surface area contributed by atoms with Crippen LogP contribution in [0.2, 0.25) is 5.02 Å². The number of halogens is 2. The molecule has 1 unspecified atom stereocenters. The Kier molecular flexibility index (Phi) is 4.11. The zero-order valence-electron chi connectivity index (χ0n) is 9.22. The summed E-state index contributed by atoms with van der Waals surface area (Å²) in [5.74, 6) is 1.68. The summed E-state index contributed by atoms with van der Waals surface area (Å²) in [6.07, 6.45) is 1.08. The average Bonchev–Trinajstić information content (AvgIpc) is 2.44. The van der Waals surface area contributed by atoms with Crippen LogP contribution in [0.3, 0.4) is 0 Å². The van der Waals surface area contributed by atoms with E-state index in [1.807, 2.05) is 11.8 Å². The standard InChI is InChI=1S/C12H15ClFNS/c1-2-15-12-3-4-16-7-8-5-11(14)10(13)6-9(8)12/h5-6,12,15H,2-4,7H2,1H3. The molecule has 0 fully saturated rings. The van der Waals surface area contributed by atoms with E-state index in [2.05, 4.69) is 12.2 Å². The van der Waals surface area contributed by atoms with Crippen molar-refractivity contribution in [3.05, 3.63) is 34.1 Å². The van der Waals surface area contributed by atoms with Crippen LogP contribution >= 0.6 is 23.4 Å². The Labute approximate surface area is 105 Å². The fourth-order valence-corrected chi connectivity index (χ4v) is 3.24. The van der Waals surface area contributed by atoms with Gasteiger partial charge in [-0.2, -0.15) is 11.8 Å². The normalized spacial score (nSPS) is 20.3. The molecule has 1 aromatic carbocycles. The van der Waals surface area contributed by atoms with E-state index in [1.165, 1.54) is 5.56 Å². The van der Waals surface area contributed by atoms with Crippen LogP contribution in [0.25, 0.3) is 0 Å². The van der Waals surface area contributed by atoms with E-state index in [-0.39, 0.29) is 10.8 Å². The van der Waals surface area contributed by atoms with Crippen LogP contribution < -0.4 is 5.32 Å². The molecule has 0 spiro atoms. The highest BCUT2D eigenvalue weighted by Crippen LogP contribution is 2.33. The van der Waals surface area contributed by atoms with E-state index in [9.17, 15) is 4.39 Å². The summed E-state index contributed by atoms with van der Waals surface area (Å²) in [4.78, 5) is 0. The molecule has 1 atom stereocenters. The van der Waals surface area contributed by atoms with Crippen molar-refractivity contribution < 1.29 is 4.39 Å². The van der Waals surface area contributed by atoms with Gasteiger partial charge in [0.1, 0.15) is 5.82 Å². The second kappa shape index (κ2) is 5.39. The first kappa shape index (κ1) is 12.2. The Balaban J connectivity index is 2.39. The van der Waals surface area contributed by atoms with Crippen molar-refractivity contribution in [1.29, 1.82) is 0 Å². The summed E-state index contributed by atoms with van der Waals surface area (Å²) in [7, 11) is 0. The topological polar surface area (TPSA) is 12.0 Å². The number of hydrogen-bond acceptors (Lipinski definition) is 2. The fraction of sp³-hybridized carbons (Fsp3) is 0.500. The van der Waals surface area contributed by atoms with E-state index in [4.69, 9.17) is 11.6 Å². The monoisotopic (exact) mass is 259 g/mol. The van der Waals surface area contributed by atoms with Crippen molar-refractivity contribution in [2.75, 3.05) is 12.3 Å². The van der Waals surface area contributed by atoms with Crippen LogP contribution in [0.15, 0.2) is 12.1 Å². The molecule has 88 valence electrons. The predicted molar refractivity (Wildman–Crippen MR) is 68.6 cm³/mol. The van der Waals surface area contributed by atoms with Crippen LogP contribution in [-0.2, 0) is 5.75 Å². The molecule has 2 rings (SSSR count). The van der Waals surface area contributed by atoms with Gasteiger partial charge in [-0.05, 0) is 42.0 Å². The molecule has 0 aliphatic carbocycles. The number of nitrogens with one attached hydrogen (secondary N) is 1. The highest BCUT2D eigenvalue weighted by atomic mass is 35.5. The van der Waals surface area contributed by atoms with Crippen LogP contribution in [-0.4, -0.2) is 12.3 Å². The summed E-state index contributed by atoms with van der Waals surface area (Å²) < 4.78 is 13.4. The fourth-order valence-electron chi connectivity index (χ4n) is 2.05. The quantitative estimate of drug-likeness (QED) is 0.868. The Morgan fingerprint density at radius 3 is 3.12 bits per heavy atom. The third-order valence-corrected chi connectivity index (χ3v) is 4.15. The van der Waals surface area contributed by atoms with Crippen molar-refractivity contribution in [2.24, 2.45) is 0 Å². The van der Waals surface area contributed by atoms with E-state index in [0.717, 1.165) is 30.0 Å². The molecule has 16 heavy (non-hydrogen) atoms. The molecular formula is C12H15ClFNS. The summed E-state index contributed by atoms with van der Waals surface area (Å²) in [5, 5.41) is 3.66. The Hall–Kier alpha value is -0.250.